The second-order valence-corrected chi connectivity index (χ2v) is 23.6. The molecule has 0 spiro atoms. The number of carbonyl (C=O) groups is 2. The van der Waals surface area contributed by atoms with E-state index in [2.05, 4.69) is 99.0 Å². The molecule has 0 aliphatic rings. The Kier molecular flexibility index (Phi) is 53.5. The molecule has 0 fully saturated rings. The molecule has 1 N–H and O–H groups in total. The minimum absolute atomic E-state index is 0.0268. The first-order valence-electron chi connectivity index (χ1n) is 31.4. The molecule has 0 aliphatic carbocycles. The highest BCUT2D eigenvalue weighted by molar-refractivity contribution is 7.45. The van der Waals surface area contributed by atoms with Crippen molar-refractivity contribution < 1.29 is 37.3 Å². The average Bonchev–Trinajstić information content (AvgIpc) is 3.38. The van der Waals surface area contributed by atoms with Gasteiger partial charge >= 0.3 is 5.97 Å². The maximum Gasteiger partial charge on any atom is 0.306 e. The van der Waals surface area contributed by atoms with Gasteiger partial charge in [0.05, 0.1) is 33.8 Å². The molecule has 0 saturated carbocycles. The first kappa shape index (κ1) is 73.2. The number of hydrogen-bond acceptors (Lipinski definition) is 7. The first-order valence-corrected chi connectivity index (χ1v) is 32.9. The summed E-state index contributed by atoms with van der Waals surface area (Å²) in [7, 11) is 1.17. The van der Waals surface area contributed by atoms with E-state index in [0.29, 0.717) is 23.9 Å². The molecule has 0 radical (unpaired) electrons. The molecule has 0 aromatic rings. The summed E-state index contributed by atoms with van der Waals surface area (Å²) in [6.07, 6.45) is 72.6. The van der Waals surface area contributed by atoms with E-state index in [1.54, 1.807) is 0 Å². The Hall–Kier alpha value is -2.81. The van der Waals surface area contributed by atoms with E-state index < -0.39 is 26.6 Å². The Balaban J connectivity index is 5.19. The zero-order chi connectivity index (χ0) is 55.7. The number of quaternary nitrogens is 1. The number of ether oxygens (including phenoxy) is 1. The monoisotopic (exact) mass is 1080 g/mol. The highest BCUT2D eigenvalue weighted by Crippen LogP contribution is 2.38. The van der Waals surface area contributed by atoms with E-state index in [0.717, 1.165) is 116 Å². The quantitative estimate of drug-likeness (QED) is 0.0212. The van der Waals surface area contributed by atoms with Crippen molar-refractivity contribution in [2.24, 2.45) is 0 Å². The third kappa shape index (κ3) is 55.9. The Morgan fingerprint density at radius 1 is 0.474 bits per heavy atom. The van der Waals surface area contributed by atoms with Gasteiger partial charge in [-0.05, 0) is 83.1 Å². The second-order valence-electron chi connectivity index (χ2n) is 22.2. The lowest BCUT2D eigenvalue weighted by Gasteiger charge is -2.30. The zero-order valence-corrected chi connectivity index (χ0v) is 51.1. The number of nitrogens with one attached hydrogen (secondary N) is 1. The van der Waals surface area contributed by atoms with Crippen LogP contribution in [-0.4, -0.2) is 69.4 Å². The number of likely N-dealkylation sites (N-methyl/N-ethyl adjacent to an activating group) is 1. The summed E-state index contributed by atoms with van der Waals surface area (Å²) in [5.74, 6) is -0.556. The number of phosphoric ester groups is 1. The number of esters is 1. The lowest BCUT2D eigenvalue weighted by Crippen LogP contribution is -2.47. The van der Waals surface area contributed by atoms with Crippen LogP contribution in [0.25, 0.3) is 0 Å². The smallest absolute Gasteiger partial charge is 0.306 e. The fourth-order valence-corrected chi connectivity index (χ4v) is 9.48. The molecule has 0 rings (SSSR count). The molecule has 0 bridgehead atoms. The summed E-state index contributed by atoms with van der Waals surface area (Å²) in [4.78, 5) is 40.0. The normalized spacial score (nSPS) is 14.2. The Morgan fingerprint density at radius 3 is 1.26 bits per heavy atom. The van der Waals surface area contributed by atoms with Crippen molar-refractivity contribution >= 4 is 19.7 Å². The Morgan fingerprint density at radius 2 is 0.842 bits per heavy atom. The van der Waals surface area contributed by atoms with Crippen LogP contribution in [0.15, 0.2) is 85.1 Å². The number of hydrogen-bond donors (Lipinski definition) is 1. The zero-order valence-electron chi connectivity index (χ0n) is 50.2. The average molecular weight is 1080 g/mol. The predicted octanol–water partition coefficient (Wildman–Crippen LogP) is 18.8. The maximum atomic E-state index is 13.5. The summed E-state index contributed by atoms with van der Waals surface area (Å²) in [6.45, 7) is 6.72. The number of phosphoric acid groups is 1. The van der Waals surface area contributed by atoms with Crippen LogP contribution in [-0.2, 0) is 27.9 Å². The van der Waals surface area contributed by atoms with Crippen LogP contribution >= 0.6 is 7.82 Å². The van der Waals surface area contributed by atoms with Crippen LogP contribution in [0.4, 0.5) is 0 Å². The van der Waals surface area contributed by atoms with Gasteiger partial charge in [0, 0.05) is 12.8 Å². The van der Waals surface area contributed by atoms with Crippen molar-refractivity contribution in [1.82, 2.24) is 5.32 Å². The molecule has 10 heteroatoms. The number of carbonyl (C=O) groups excluding carboxylic acids is 2. The van der Waals surface area contributed by atoms with Gasteiger partial charge < -0.3 is 28.5 Å². The Labute approximate surface area is 469 Å². The van der Waals surface area contributed by atoms with Gasteiger partial charge in [-0.15, -0.1) is 0 Å². The van der Waals surface area contributed by atoms with Gasteiger partial charge in [0.25, 0.3) is 7.82 Å². The van der Waals surface area contributed by atoms with Gasteiger partial charge in [-0.1, -0.05) is 260 Å². The lowest BCUT2D eigenvalue weighted by atomic mass is 10.0. The molecule has 9 nitrogen and oxygen atoms in total. The van der Waals surface area contributed by atoms with Crippen LogP contribution in [0.3, 0.4) is 0 Å². The fraction of sp³-hybridized carbons (Fsp3) is 0.758. The van der Waals surface area contributed by atoms with Gasteiger partial charge in [-0.2, -0.15) is 0 Å². The third-order valence-corrected chi connectivity index (χ3v) is 14.6. The summed E-state index contributed by atoms with van der Waals surface area (Å²) in [5, 5.41) is 3.02. The highest BCUT2D eigenvalue weighted by Gasteiger charge is 2.27. The van der Waals surface area contributed by atoms with Gasteiger partial charge in [0.2, 0.25) is 5.91 Å². The van der Waals surface area contributed by atoms with E-state index in [1.165, 1.54) is 116 Å². The molecule has 1 amide bonds. The van der Waals surface area contributed by atoms with Crippen molar-refractivity contribution in [3.05, 3.63) is 85.1 Å². The number of unbranched alkanes of at least 4 members (excludes halogenated alkanes) is 28. The molecule has 0 aromatic heterocycles. The van der Waals surface area contributed by atoms with Crippen molar-refractivity contribution in [2.75, 3.05) is 40.9 Å². The van der Waals surface area contributed by atoms with Crippen molar-refractivity contribution in [1.29, 1.82) is 0 Å². The highest BCUT2D eigenvalue weighted by atomic mass is 31.2. The maximum absolute atomic E-state index is 13.5. The second kappa shape index (κ2) is 55.5. The molecule has 0 aromatic carbocycles. The molecule has 0 saturated heterocycles. The van der Waals surface area contributed by atoms with E-state index in [-0.39, 0.29) is 24.9 Å². The van der Waals surface area contributed by atoms with Gasteiger partial charge in [0.1, 0.15) is 19.3 Å². The summed E-state index contributed by atoms with van der Waals surface area (Å²) in [5.41, 5.74) is 0. The molecule has 3 unspecified atom stereocenters. The minimum atomic E-state index is -4.70. The standard InChI is InChI=1S/C66H119N2O7P/c1-7-10-13-16-19-22-25-28-29-30-31-32-33-34-35-36-37-38-39-41-44-47-50-53-56-59-66(70)75-64(57-54-51-48-45-42-27-24-21-18-15-12-9-3)63(62-74-76(71,72)73-61-60-68(4,5)6)67-65(69)58-55-52-49-46-43-40-26-23-20-17-14-11-8-2/h10,13,19,22,28-29,31-32,34-35,37-38,54,57,63-64H,7-9,11-12,14-18,20-21,23-27,30,33,36,39-53,55-56,58-62H2,1-6H3,(H-,67,69,71,72)/b13-10-,22-19-,29-28-,32-31-,35-34-,38-37-,57-54-. The van der Waals surface area contributed by atoms with Crippen molar-refractivity contribution in [3.8, 4) is 0 Å². The third-order valence-electron chi connectivity index (χ3n) is 13.6. The van der Waals surface area contributed by atoms with E-state index in [4.69, 9.17) is 13.8 Å². The SMILES string of the molecule is CC/C=C\C/C=C\C/C=C\C/C=C\C/C=C\C/C=C\CCCCCCCCC(=O)OC(/C=C\CCCCCCCCCCCC)C(COP(=O)([O-])OCC[N+](C)(C)C)NC(=O)CCCCCCCCCCCCCCC. The number of nitrogens with zero attached hydrogens (tertiary/aromatic N) is 1. The fourth-order valence-electron chi connectivity index (χ4n) is 8.76. The number of allylic oxidation sites excluding steroid dienone is 13. The predicted molar refractivity (Wildman–Crippen MR) is 325 cm³/mol. The molecular weight excluding hydrogens is 964 g/mol. The first-order chi connectivity index (χ1) is 36.9. The summed E-state index contributed by atoms with van der Waals surface area (Å²) < 4.78 is 30.3. The lowest BCUT2D eigenvalue weighted by molar-refractivity contribution is -0.870. The molecular formula is C66H119N2O7P. The van der Waals surface area contributed by atoms with E-state index >= 15 is 0 Å². The molecule has 440 valence electrons. The van der Waals surface area contributed by atoms with Crippen molar-refractivity contribution in [3.63, 3.8) is 0 Å². The molecule has 76 heavy (non-hydrogen) atoms. The Bertz CT molecular complexity index is 1580. The van der Waals surface area contributed by atoms with Gasteiger partial charge in [-0.25, -0.2) is 0 Å². The van der Waals surface area contributed by atoms with E-state index in [1.807, 2.05) is 33.3 Å². The number of amides is 1. The van der Waals surface area contributed by atoms with Gasteiger partial charge in [0.15, 0.2) is 0 Å². The largest absolute Gasteiger partial charge is 0.756 e. The van der Waals surface area contributed by atoms with Crippen LogP contribution in [0, 0.1) is 0 Å². The van der Waals surface area contributed by atoms with Crippen LogP contribution in [0.1, 0.15) is 271 Å². The molecule has 3 atom stereocenters. The van der Waals surface area contributed by atoms with E-state index in [9.17, 15) is 19.0 Å². The van der Waals surface area contributed by atoms with Gasteiger partial charge in [-0.3, -0.25) is 14.2 Å². The topological polar surface area (TPSA) is 114 Å². The van der Waals surface area contributed by atoms with Crippen LogP contribution in [0.2, 0.25) is 0 Å². The van der Waals surface area contributed by atoms with Crippen molar-refractivity contribution in [2.45, 2.75) is 283 Å². The summed E-state index contributed by atoms with van der Waals surface area (Å²) in [6, 6.07) is -0.896. The summed E-state index contributed by atoms with van der Waals surface area (Å²) >= 11 is 0. The minimum Gasteiger partial charge on any atom is -0.756 e. The molecule has 0 heterocycles. The van der Waals surface area contributed by atoms with Crippen LogP contribution in [0.5, 0.6) is 0 Å². The van der Waals surface area contributed by atoms with Crippen LogP contribution < -0.4 is 10.2 Å². The molecule has 0 aliphatic heterocycles. The number of rotatable bonds is 56.